The zero-order chi connectivity index (χ0) is 12.6. The van der Waals surface area contributed by atoms with Gasteiger partial charge >= 0.3 is 6.18 Å². The molecule has 0 aliphatic heterocycles. The fraction of sp³-hybridized carbons (Fsp3) is 0.100. The van der Waals surface area contributed by atoms with Crippen molar-refractivity contribution in [2.45, 2.75) is 6.18 Å². The van der Waals surface area contributed by atoms with Gasteiger partial charge in [-0.25, -0.2) is 4.98 Å². The molecule has 2 aromatic rings. The molecule has 0 aliphatic carbocycles. The number of alkyl halides is 3. The Kier molecular flexibility index (Phi) is 3.01. The van der Waals surface area contributed by atoms with Crippen LogP contribution in [-0.4, -0.2) is 4.98 Å². The molecule has 90 valence electrons. The molecular weight excluding hydrogens is 273 g/mol. The van der Waals surface area contributed by atoms with Crippen molar-refractivity contribution in [3.8, 4) is 11.1 Å². The van der Waals surface area contributed by atoms with Gasteiger partial charge in [-0.3, -0.25) is 0 Å². The third-order valence-electron chi connectivity index (χ3n) is 2.14. The maximum Gasteiger partial charge on any atom is 0.417 e. The summed E-state index contributed by atoms with van der Waals surface area (Å²) in [5.74, 6) is 0.0262. The van der Waals surface area contributed by atoms with Crippen molar-refractivity contribution in [2.75, 3.05) is 5.73 Å². The monoisotopic (exact) mass is 278 g/mol. The van der Waals surface area contributed by atoms with Gasteiger partial charge in [0.15, 0.2) is 0 Å². The lowest BCUT2D eigenvalue weighted by Crippen LogP contribution is -2.05. The number of aromatic nitrogens is 1. The van der Waals surface area contributed by atoms with Gasteiger partial charge in [0.25, 0.3) is 0 Å². The van der Waals surface area contributed by atoms with E-state index in [0.29, 0.717) is 0 Å². The largest absolute Gasteiger partial charge is 0.417 e. The molecule has 2 heterocycles. The lowest BCUT2D eigenvalue weighted by molar-refractivity contribution is -0.136. The highest BCUT2D eigenvalue weighted by Crippen LogP contribution is 2.41. The van der Waals surface area contributed by atoms with E-state index >= 15 is 0 Å². The van der Waals surface area contributed by atoms with E-state index in [9.17, 15) is 13.2 Å². The number of halogens is 4. The van der Waals surface area contributed by atoms with Crippen LogP contribution in [0.25, 0.3) is 11.1 Å². The lowest BCUT2D eigenvalue weighted by Gasteiger charge is -2.09. The molecule has 0 unspecified atom stereocenters. The first kappa shape index (κ1) is 12.2. The summed E-state index contributed by atoms with van der Waals surface area (Å²) < 4.78 is 38.1. The van der Waals surface area contributed by atoms with Gasteiger partial charge in [-0.05, 0) is 11.4 Å². The summed E-state index contributed by atoms with van der Waals surface area (Å²) in [6.45, 7) is 0. The number of nitrogens with zero attached hydrogens (tertiary/aromatic N) is 1. The first-order chi connectivity index (χ1) is 7.89. The number of thiophene rings is 1. The van der Waals surface area contributed by atoms with Crippen LogP contribution in [0.15, 0.2) is 23.0 Å². The molecule has 0 radical (unpaired) electrons. The third-order valence-corrected chi connectivity index (χ3v) is 3.09. The number of pyridine rings is 1. The number of hydrogen-bond acceptors (Lipinski definition) is 3. The van der Waals surface area contributed by atoms with Crippen LogP contribution < -0.4 is 5.73 Å². The van der Waals surface area contributed by atoms with Crippen molar-refractivity contribution >= 4 is 28.8 Å². The summed E-state index contributed by atoms with van der Waals surface area (Å²) in [6, 6.07) is 1.38. The van der Waals surface area contributed by atoms with E-state index in [2.05, 4.69) is 4.98 Å². The van der Waals surface area contributed by atoms with Gasteiger partial charge in [-0.1, -0.05) is 11.6 Å². The SMILES string of the molecule is Nc1ncc(Cl)cc1-c1cscc1C(F)(F)F. The Hall–Kier alpha value is -1.27. The molecule has 0 spiro atoms. The zero-order valence-electron chi connectivity index (χ0n) is 8.25. The van der Waals surface area contributed by atoms with Gasteiger partial charge < -0.3 is 5.73 Å². The Morgan fingerprint density at radius 1 is 1.24 bits per heavy atom. The fourth-order valence-electron chi connectivity index (χ4n) is 1.39. The summed E-state index contributed by atoms with van der Waals surface area (Å²) in [5, 5.41) is 2.66. The second-order valence-corrected chi connectivity index (χ2v) is 4.46. The standard InChI is InChI=1S/C10H6ClF3N2S/c11-5-1-6(9(15)16-2-5)7-3-17-4-8(7)10(12,13)14/h1-4H,(H2,15,16). The minimum Gasteiger partial charge on any atom is -0.383 e. The Balaban J connectivity index is 2.61. The molecule has 7 heteroatoms. The van der Waals surface area contributed by atoms with Gasteiger partial charge in [0, 0.05) is 22.7 Å². The van der Waals surface area contributed by atoms with Crippen molar-refractivity contribution < 1.29 is 13.2 Å². The molecular formula is C10H6ClF3N2S. The van der Waals surface area contributed by atoms with E-state index in [1.165, 1.54) is 17.6 Å². The maximum atomic E-state index is 12.7. The van der Waals surface area contributed by atoms with Crippen LogP contribution in [0.2, 0.25) is 5.02 Å². The minimum atomic E-state index is -4.41. The molecule has 0 bridgehead atoms. The molecule has 2 N–H and O–H groups in total. The second kappa shape index (κ2) is 4.19. The zero-order valence-corrected chi connectivity index (χ0v) is 9.83. The Bertz CT molecular complexity index is 551. The number of anilines is 1. The van der Waals surface area contributed by atoms with Gasteiger partial charge in [0.2, 0.25) is 0 Å². The van der Waals surface area contributed by atoms with Crippen LogP contribution >= 0.6 is 22.9 Å². The summed E-state index contributed by atoms with van der Waals surface area (Å²) in [4.78, 5) is 3.74. The van der Waals surface area contributed by atoms with Crippen LogP contribution in [0.3, 0.4) is 0 Å². The minimum absolute atomic E-state index is 0.00926. The van der Waals surface area contributed by atoms with Crippen molar-refractivity contribution in [2.24, 2.45) is 0 Å². The average Bonchev–Trinajstić information content (AvgIpc) is 2.69. The summed E-state index contributed by atoms with van der Waals surface area (Å²) in [6.07, 6.45) is -3.12. The normalized spacial score (nSPS) is 11.8. The highest BCUT2D eigenvalue weighted by Gasteiger charge is 2.34. The van der Waals surface area contributed by atoms with Crippen LogP contribution in [0, 0.1) is 0 Å². The molecule has 0 amide bonds. The van der Waals surface area contributed by atoms with Crippen LogP contribution in [0.4, 0.5) is 19.0 Å². The van der Waals surface area contributed by atoms with Crippen molar-refractivity contribution in [1.29, 1.82) is 0 Å². The molecule has 2 aromatic heterocycles. The molecule has 0 aliphatic rings. The van der Waals surface area contributed by atoms with Crippen LogP contribution in [0.1, 0.15) is 5.56 Å². The summed E-state index contributed by atoms with van der Waals surface area (Å²) in [7, 11) is 0. The number of rotatable bonds is 1. The Morgan fingerprint density at radius 3 is 2.59 bits per heavy atom. The van der Waals surface area contributed by atoms with Crippen molar-refractivity contribution in [1.82, 2.24) is 4.98 Å². The van der Waals surface area contributed by atoms with Crippen molar-refractivity contribution in [3.63, 3.8) is 0 Å². The van der Waals surface area contributed by atoms with Gasteiger partial charge in [0.05, 0.1) is 10.6 Å². The second-order valence-electron chi connectivity index (χ2n) is 3.28. The van der Waals surface area contributed by atoms with E-state index in [-0.39, 0.29) is 22.0 Å². The van der Waals surface area contributed by atoms with Gasteiger partial charge in [-0.2, -0.15) is 24.5 Å². The van der Waals surface area contributed by atoms with Gasteiger partial charge in [0.1, 0.15) is 5.82 Å². The fourth-order valence-corrected chi connectivity index (χ4v) is 2.40. The number of hydrogen-bond donors (Lipinski definition) is 1. The highest BCUT2D eigenvalue weighted by molar-refractivity contribution is 7.08. The average molecular weight is 279 g/mol. The summed E-state index contributed by atoms with van der Waals surface area (Å²) >= 11 is 6.66. The van der Waals surface area contributed by atoms with E-state index < -0.39 is 11.7 Å². The van der Waals surface area contributed by atoms with Crippen LogP contribution in [-0.2, 0) is 6.18 Å². The molecule has 2 nitrogen and oxygen atoms in total. The molecule has 0 fully saturated rings. The molecule has 0 aromatic carbocycles. The van der Waals surface area contributed by atoms with E-state index in [1.54, 1.807) is 0 Å². The smallest absolute Gasteiger partial charge is 0.383 e. The molecule has 0 atom stereocenters. The van der Waals surface area contributed by atoms with E-state index in [4.69, 9.17) is 17.3 Å². The predicted molar refractivity (Wildman–Crippen MR) is 62.0 cm³/mol. The molecule has 17 heavy (non-hydrogen) atoms. The quantitative estimate of drug-likeness (QED) is 0.854. The summed E-state index contributed by atoms with van der Waals surface area (Å²) in [5.41, 5.74) is 5.05. The first-order valence-corrected chi connectivity index (χ1v) is 5.76. The molecule has 2 rings (SSSR count). The number of nitrogen functional groups attached to an aromatic ring is 1. The Labute approximate surface area is 104 Å². The third kappa shape index (κ3) is 2.37. The number of nitrogens with two attached hydrogens (primary N) is 1. The molecule has 0 saturated carbocycles. The van der Waals surface area contributed by atoms with Crippen molar-refractivity contribution in [3.05, 3.63) is 33.6 Å². The van der Waals surface area contributed by atoms with E-state index in [0.717, 1.165) is 16.7 Å². The lowest BCUT2D eigenvalue weighted by atomic mass is 10.1. The topological polar surface area (TPSA) is 38.9 Å². The first-order valence-electron chi connectivity index (χ1n) is 4.44. The van der Waals surface area contributed by atoms with Crippen LogP contribution in [0.5, 0.6) is 0 Å². The van der Waals surface area contributed by atoms with Gasteiger partial charge in [-0.15, -0.1) is 0 Å². The molecule has 0 saturated heterocycles. The predicted octanol–water partition coefficient (Wildman–Crippen LogP) is 4.06. The Morgan fingerprint density at radius 2 is 1.94 bits per heavy atom. The maximum absolute atomic E-state index is 12.7. The highest BCUT2D eigenvalue weighted by atomic mass is 35.5. The van der Waals surface area contributed by atoms with E-state index in [1.807, 2.05) is 0 Å².